The van der Waals surface area contributed by atoms with Crippen molar-refractivity contribution < 1.29 is 14.7 Å². The van der Waals surface area contributed by atoms with E-state index < -0.39 is 5.97 Å². The molecule has 0 aliphatic carbocycles. The summed E-state index contributed by atoms with van der Waals surface area (Å²) >= 11 is 1.60. The van der Waals surface area contributed by atoms with E-state index >= 15 is 0 Å². The lowest BCUT2D eigenvalue weighted by atomic mass is 10.0. The van der Waals surface area contributed by atoms with Crippen LogP contribution in [-0.2, 0) is 0 Å². The maximum Gasteiger partial charge on any atom is 0.335 e. The molecule has 21 heavy (non-hydrogen) atoms. The highest BCUT2D eigenvalue weighted by Gasteiger charge is 2.20. The van der Waals surface area contributed by atoms with Crippen LogP contribution in [0.5, 0.6) is 0 Å². The molecule has 0 bridgehead atoms. The molecule has 1 atom stereocenters. The Bertz CT molecular complexity index is 664. The van der Waals surface area contributed by atoms with Gasteiger partial charge in [0.2, 0.25) is 0 Å². The summed E-state index contributed by atoms with van der Waals surface area (Å²) in [5, 5.41) is 11.1. The van der Waals surface area contributed by atoms with Gasteiger partial charge in [0, 0.05) is 17.5 Å². The molecule has 0 aliphatic rings. The van der Waals surface area contributed by atoms with Gasteiger partial charge < -0.3 is 10.0 Å². The Balaban J connectivity index is 2.29. The van der Waals surface area contributed by atoms with Crippen LogP contribution >= 0.6 is 11.3 Å². The van der Waals surface area contributed by atoms with Gasteiger partial charge in [0.1, 0.15) is 0 Å². The zero-order valence-corrected chi connectivity index (χ0v) is 13.0. The molecular weight excluding hydrogens is 286 g/mol. The number of hydrogen-bond acceptors (Lipinski definition) is 3. The van der Waals surface area contributed by atoms with Crippen LogP contribution < -0.4 is 0 Å². The normalized spacial score (nSPS) is 12.0. The smallest absolute Gasteiger partial charge is 0.335 e. The van der Waals surface area contributed by atoms with Crippen LogP contribution in [0.3, 0.4) is 0 Å². The van der Waals surface area contributed by atoms with Crippen molar-refractivity contribution in [2.24, 2.45) is 0 Å². The number of thiophene rings is 1. The zero-order chi connectivity index (χ0) is 15.6. The number of nitrogens with zero attached hydrogens (tertiary/aromatic N) is 1. The number of aromatic carboxylic acids is 1. The molecule has 0 saturated heterocycles. The first-order valence-electron chi connectivity index (χ1n) is 6.55. The molecule has 1 N–H and O–H groups in total. The summed E-state index contributed by atoms with van der Waals surface area (Å²) in [5.74, 6) is -1.20. The average Bonchev–Trinajstić information content (AvgIpc) is 2.98. The summed E-state index contributed by atoms with van der Waals surface area (Å²) in [5.41, 5.74) is 1.30. The monoisotopic (exact) mass is 303 g/mol. The molecule has 110 valence electrons. The van der Waals surface area contributed by atoms with E-state index in [9.17, 15) is 9.59 Å². The summed E-state index contributed by atoms with van der Waals surface area (Å²) in [6, 6.07) is 8.58. The van der Waals surface area contributed by atoms with Crippen molar-refractivity contribution in [1.29, 1.82) is 0 Å². The fraction of sp³-hybridized carbons (Fsp3) is 0.250. The van der Waals surface area contributed by atoms with Gasteiger partial charge in [0.25, 0.3) is 5.91 Å². The number of benzene rings is 1. The number of carboxylic acids is 1. The van der Waals surface area contributed by atoms with Gasteiger partial charge in [0.15, 0.2) is 0 Å². The van der Waals surface area contributed by atoms with Crippen LogP contribution in [0.1, 0.15) is 44.1 Å². The van der Waals surface area contributed by atoms with Gasteiger partial charge in [0.05, 0.1) is 11.6 Å². The molecule has 1 aromatic heterocycles. The molecule has 1 heterocycles. The quantitative estimate of drug-likeness (QED) is 0.939. The Morgan fingerprint density at radius 2 is 1.90 bits per heavy atom. The van der Waals surface area contributed by atoms with Gasteiger partial charge in [-0.25, -0.2) is 4.79 Å². The van der Waals surface area contributed by atoms with Crippen LogP contribution in [0.4, 0.5) is 0 Å². The lowest BCUT2D eigenvalue weighted by Gasteiger charge is -2.24. The number of hydrogen-bond donors (Lipinski definition) is 1. The molecule has 0 radical (unpaired) electrons. The highest BCUT2D eigenvalue weighted by molar-refractivity contribution is 7.10. The SMILES string of the molecule is Cc1cc(C(=O)O)cc(C(=O)N(C)C(C)c2cccs2)c1. The minimum Gasteiger partial charge on any atom is -0.478 e. The van der Waals surface area contributed by atoms with Crippen molar-refractivity contribution in [3.8, 4) is 0 Å². The maximum absolute atomic E-state index is 12.5. The fourth-order valence-electron chi connectivity index (χ4n) is 2.13. The zero-order valence-electron chi connectivity index (χ0n) is 12.2. The van der Waals surface area contributed by atoms with Gasteiger partial charge in [-0.15, -0.1) is 11.3 Å². The second-order valence-electron chi connectivity index (χ2n) is 5.00. The van der Waals surface area contributed by atoms with Gasteiger partial charge in [-0.05, 0) is 49.1 Å². The van der Waals surface area contributed by atoms with E-state index in [0.29, 0.717) is 5.56 Å². The van der Waals surface area contributed by atoms with E-state index in [1.165, 1.54) is 6.07 Å². The lowest BCUT2D eigenvalue weighted by molar-refractivity contribution is 0.0696. The van der Waals surface area contributed by atoms with Crippen LogP contribution in [0.15, 0.2) is 35.7 Å². The Labute approximate surface area is 127 Å². The third-order valence-electron chi connectivity index (χ3n) is 3.43. The molecule has 2 aromatic rings. The first-order valence-corrected chi connectivity index (χ1v) is 7.43. The van der Waals surface area contributed by atoms with E-state index in [-0.39, 0.29) is 17.5 Å². The Morgan fingerprint density at radius 1 is 1.24 bits per heavy atom. The van der Waals surface area contributed by atoms with Gasteiger partial charge >= 0.3 is 5.97 Å². The molecule has 1 unspecified atom stereocenters. The number of aryl methyl sites for hydroxylation is 1. The van der Waals surface area contributed by atoms with Crippen molar-refractivity contribution >= 4 is 23.2 Å². The molecular formula is C16H17NO3S. The third kappa shape index (κ3) is 3.31. The molecule has 0 aliphatic heterocycles. The molecule has 1 amide bonds. The second kappa shape index (κ2) is 6.10. The van der Waals surface area contributed by atoms with Crippen LogP contribution in [0.25, 0.3) is 0 Å². The first-order chi connectivity index (χ1) is 9.90. The summed E-state index contributed by atoms with van der Waals surface area (Å²) < 4.78 is 0. The highest BCUT2D eigenvalue weighted by atomic mass is 32.1. The van der Waals surface area contributed by atoms with Crippen molar-refractivity contribution in [1.82, 2.24) is 4.90 Å². The first kappa shape index (κ1) is 15.3. The lowest BCUT2D eigenvalue weighted by Crippen LogP contribution is -2.29. The predicted molar refractivity (Wildman–Crippen MR) is 83.0 cm³/mol. The van der Waals surface area contributed by atoms with E-state index in [4.69, 9.17) is 5.11 Å². The van der Waals surface area contributed by atoms with E-state index in [2.05, 4.69) is 0 Å². The van der Waals surface area contributed by atoms with Crippen molar-refractivity contribution in [3.63, 3.8) is 0 Å². The minimum atomic E-state index is -1.03. The summed E-state index contributed by atoms with van der Waals surface area (Å²) in [7, 11) is 1.73. The third-order valence-corrected chi connectivity index (χ3v) is 4.47. The van der Waals surface area contributed by atoms with Crippen molar-refractivity contribution in [3.05, 3.63) is 57.3 Å². The van der Waals surface area contributed by atoms with Crippen LogP contribution in [0.2, 0.25) is 0 Å². The van der Waals surface area contributed by atoms with Gasteiger partial charge in [-0.2, -0.15) is 0 Å². The van der Waals surface area contributed by atoms with Crippen LogP contribution in [-0.4, -0.2) is 28.9 Å². The summed E-state index contributed by atoms with van der Waals surface area (Å²) in [4.78, 5) is 26.4. The molecule has 0 fully saturated rings. The number of carbonyl (C=O) groups excluding carboxylic acids is 1. The second-order valence-corrected chi connectivity index (χ2v) is 5.98. The Hall–Kier alpha value is -2.14. The van der Waals surface area contributed by atoms with Crippen molar-refractivity contribution in [2.45, 2.75) is 19.9 Å². The molecule has 5 heteroatoms. The molecule has 1 aromatic carbocycles. The molecule has 4 nitrogen and oxygen atoms in total. The summed E-state index contributed by atoms with van der Waals surface area (Å²) in [6.07, 6.45) is 0. The topological polar surface area (TPSA) is 57.6 Å². The number of carboxylic acid groups (broad SMARTS) is 1. The number of rotatable bonds is 4. The maximum atomic E-state index is 12.5. The standard InChI is InChI=1S/C16H17NO3S/c1-10-7-12(9-13(8-10)16(19)20)15(18)17(3)11(2)14-5-4-6-21-14/h4-9,11H,1-3H3,(H,19,20). The Kier molecular flexibility index (Phi) is 4.43. The van der Waals surface area contributed by atoms with E-state index in [1.54, 1.807) is 42.3 Å². The highest BCUT2D eigenvalue weighted by Crippen LogP contribution is 2.25. The number of amides is 1. The Morgan fingerprint density at radius 3 is 2.48 bits per heavy atom. The van der Waals surface area contributed by atoms with Gasteiger partial charge in [-0.3, -0.25) is 4.79 Å². The summed E-state index contributed by atoms with van der Waals surface area (Å²) in [6.45, 7) is 3.74. The fourth-order valence-corrected chi connectivity index (χ4v) is 2.96. The molecule has 0 spiro atoms. The van der Waals surface area contributed by atoms with E-state index in [1.807, 2.05) is 24.4 Å². The predicted octanol–water partition coefficient (Wildman–Crippen LogP) is 3.59. The average molecular weight is 303 g/mol. The minimum absolute atomic E-state index is 0.0497. The molecule has 0 saturated carbocycles. The van der Waals surface area contributed by atoms with Crippen molar-refractivity contribution in [2.75, 3.05) is 7.05 Å². The largest absolute Gasteiger partial charge is 0.478 e. The van der Waals surface area contributed by atoms with Crippen LogP contribution in [0, 0.1) is 6.92 Å². The van der Waals surface area contributed by atoms with Gasteiger partial charge in [-0.1, -0.05) is 6.07 Å². The molecule has 2 rings (SSSR count). The number of carbonyl (C=O) groups is 2. The van der Waals surface area contributed by atoms with E-state index in [0.717, 1.165) is 10.4 Å².